The zero-order valence-corrected chi connectivity index (χ0v) is 13.4. The zero-order chi connectivity index (χ0) is 15.4. The molecule has 0 bridgehead atoms. The molecule has 118 valence electrons. The van der Waals surface area contributed by atoms with Gasteiger partial charge in [-0.15, -0.1) is 0 Å². The molecule has 0 amide bonds. The van der Waals surface area contributed by atoms with E-state index in [1.165, 1.54) is 0 Å². The summed E-state index contributed by atoms with van der Waals surface area (Å²) in [7, 11) is 4.90. The molecular weight excluding hydrogens is 268 g/mol. The maximum Gasteiger partial charge on any atom is 0.203 e. The molecule has 2 unspecified atom stereocenters. The average Bonchev–Trinajstić information content (AvgIpc) is 2.49. The Labute approximate surface area is 127 Å². The molecule has 0 aromatic heterocycles. The molecule has 1 aromatic rings. The van der Waals surface area contributed by atoms with Crippen molar-refractivity contribution in [3.63, 3.8) is 0 Å². The molecule has 2 N–H and O–H groups in total. The topological polar surface area (TPSA) is 57.0 Å². The van der Waals surface area contributed by atoms with Crippen LogP contribution in [0.1, 0.15) is 25.3 Å². The van der Waals surface area contributed by atoms with E-state index in [1.807, 2.05) is 12.1 Å². The normalized spacial score (nSPS) is 22.9. The first kappa shape index (κ1) is 15.9. The highest BCUT2D eigenvalue weighted by molar-refractivity contribution is 5.53. The number of likely N-dealkylation sites (tertiary alicyclic amines) is 1. The summed E-state index contributed by atoms with van der Waals surface area (Å²) in [6.07, 6.45) is 2.10. The largest absolute Gasteiger partial charge is 0.493 e. The van der Waals surface area contributed by atoms with Gasteiger partial charge in [0.2, 0.25) is 5.75 Å². The first-order chi connectivity index (χ1) is 10.1. The van der Waals surface area contributed by atoms with Crippen molar-refractivity contribution in [1.82, 2.24) is 4.90 Å². The number of hydrogen-bond donors (Lipinski definition) is 1. The molecule has 1 heterocycles. The van der Waals surface area contributed by atoms with E-state index >= 15 is 0 Å². The first-order valence-corrected chi connectivity index (χ1v) is 7.37. The molecule has 1 saturated heterocycles. The van der Waals surface area contributed by atoms with Crippen molar-refractivity contribution in [2.45, 2.75) is 38.4 Å². The third kappa shape index (κ3) is 3.60. The lowest BCUT2D eigenvalue weighted by Gasteiger charge is -2.36. The van der Waals surface area contributed by atoms with Crippen LogP contribution in [0.2, 0.25) is 0 Å². The van der Waals surface area contributed by atoms with Gasteiger partial charge in [0, 0.05) is 25.2 Å². The maximum atomic E-state index is 6.03. The summed E-state index contributed by atoms with van der Waals surface area (Å²) < 4.78 is 16.2. The van der Waals surface area contributed by atoms with E-state index in [-0.39, 0.29) is 0 Å². The van der Waals surface area contributed by atoms with Crippen LogP contribution < -0.4 is 19.9 Å². The Kier molecular flexibility index (Phi) is 5.31. The van der Waals surface area contributed by atoms with E-state index in [2.05, 4.69) is 11.8 Å². The smallest absolute Gasteiger partial charge is 0.203 e. The molecule has 5 heteroatoms. The quantitative estimate of drug-likeness (QED) is 0.900. The van der Waals surface area contributed by atoms with Crippen LogP contribution in [0.25, 0.3) is 0 Å². The Morgan fingerprint density at radius 2 is 1.76 bits per heavy atom. The molecule has 1 fully saturated rings. The Hall–Kier alpha value is -1.46. The van der Waals surface area contributed by atoms with E-state index < -0.39 is 0 Å². The lowest BCUT2D eigenvalue weighted by molar-refractivity contribution is 0.139. The molecular formula is C16H26N2O3. The number of benzene rings is 1. The van der Waals surface area contributed by atoms with Crippen molar-refractivity contribution < 1.29 is 14.2 Å². The van der Waals surface area contributed by atoms with Crippen LogP contribution in [0.5, 0.6) is 17.2 Å². The molecule has 0 radical (unpaired) electrons. The number of nitrogens with two attached hydrogens (primary N) is 1. The standard InChI is InChI=1S/C16H26N2O3/c1-11-7-13(17)5-6-18(11)10-12-8-14(19-2)16(21-4)15(9-12)20-3/h8-9,11,13H,5-7,10,17H2,1-4H3. The van der Waals surface area contributed by atoms with Crippen molar-refractivity contribution in [1.29, 1.82) is 0 Å². The minimum atomic E-state index is 0.330. The second-order valence-corrected chi connectivity index (χ2v) is 5.64. The highest BCUT2D eigenvalue weighted by atomic mass is 16.5. The van der Waals surface area contributed by atoms with E-state index in [1.54, 1.807) is 21.3 Å². The van der Waals surface area contributed by atoms with Crippen molar-refractivity contribution in [2.24, 2.45) is 5.73 Å². The molecule has 1 aliphatic rings. The molecule has 0 saturated carbocycles. The number of rotatable bonds is 5. The van der Waals surface area contributed by atoms with E-state index in [0.29, 0.717) is 29.3 Å². The predicted molar refractivity (Wildman–Crippen MR) is 83.2 cm³/mol. The Morgan fingerprint density at radius 1 is 1.14 bits per heavy atom. The van der Waals surface area contributed by atoms with Gasteiger partial charge < -0.3 is 19.9 Å². The molecule has 2 rings (SSSR count). The molecule has 0 aliphatic carbocycles. The fourth-order valence-corrected chi connectivity index (χ4v) is 2.95. The fourth-order valence-electron chi connectivity index (χ4n) is 2.95. The number of hydrogen-bond acceptors (Lipinski definition) is 5. The number of piperidine rings is 1. The minimum Gasteiger partial charge on any atom is -0.493 e. The van der Waals surface area contributed by atoms with Gasteiger partial charge in [-0.25, -0.2) is 0 Å². The Bertz CT molecular complexity index is 454. The summed E-state index contributed by atoms with van der Waals surface area (Å²) in [6.45, 7) is 4.13. The van der Waals surface area contributed by atoms with Gasteiger partial charge in [-0.1, -0.05) is 0 Å². The number of nitrogens with zero attached hydrogens (tertiary/aromatic N) is 1. The molecule has 1 aliphatic heterocycles. The predicted octanol–water partition coefficient (Wildman–Crippen LogP) is 2.02. The maximum absolute atomic E-state index is 6.03. The van der Waals surface area contributed by atoms with Crippen molar-refractivity contribution in [3.8, 4) is 17.2 Å². The van der Waals surface area contributed by atoms with Gasteiger partial charge in [-0.2, -0.15) is 0 Å². The summed E-state index contributed by atoms with van der Waals surface area (Å²) in [5, 5.41) is 0. The second kappa shape index (κ2) is 7.00. The fraction of sp³-hybridized carbons (Fsp3) is 0.625. The highest BCUT2D eigenvalue weighted by Gasteiger charge is 2.24. The van der Waals surface area contributed by atoms with Gasteiger partial charge in [0.05, 0.1) is 21.3 Å². The third-order valence-electron chi connectivity index (χ3n) is 4.16. The number of methoxy groups -OCH3 is 3. The van der Waals surface area contributed by atoms with Crippen LogP contribution >= 0.6 is 0 Å². The van der Waals surface area contributed by atoms with Crippen LogP contribution in [0.15, 0.2) is 12.1 Å². The SMILES string of the molecule is COc1cc(CN2CCC(N)CC2C)cc(OC)c1OC. The van der Waals surface area contributed by atoms with Gasteiger partial charge in [0.1, 0.15) is 0 Å². The van der Waals surface area contributed by atoms with E-state index in [4.69, 9.17) is 19.9 Å². The van der Waals surface area contributed by atoms with Crippen molar-refractivity contribution in [3.05, 3.63) is 17.7 Å². The molecule has 2 atom stereocenters. The molecule has 0 spiro atoms. The average molecular weight is 294 g/mol. The lowest BCUT2D eigenvalue weighted by Crippen LogP contribution is -2.44. The van der Waals surface area contributed by atoms with Crippen LogP contribution in [-0.2, 0) is 6.54 Å². The summed E-state index contributed by atoms with van der Waals surface area (Å²) in [6, 6.07) is 4.86. The van der Waals surface area contributed by atoms with E-state index in [9.17, 15) is 0 Å². The van der Waals surface area contributed by atoms with Gasteiger partial charge in [-0.05, 0) is 37.5 Å². The van der Waals surface area contributed by atoms with Crippen LogP contribution in [-0.4, -0.2) is 44.9 Å². The molecule has 1 aromatic carbocycles. The summed E-state index contributed by atoms with van der Waals surface area (Å²) in [4.78, 5) is 2.45. The van der Waals surface area contributed by atoms with Gasteiger partial charge in [0.25, 0.3) is 0 Å². The number of ether oxygens (including phenoxy) is 3. The Morgan fingerprint density at radius 3 is 2.24 bits per heavy atom. The van der Waals surface area contributed by atoms with Gasteiger partial charge in [-0.3, -0.25) is 4.90 Å². The Balaban J connectivity index is 2.20. The molecule has 5 nitrogen and oxygen atoms in total. The zero-order valence-electron chi connectivity index (χ0n) is 13.4. The highest BCUT2D eigenvalue weighted by Crippen LogP contribution is 2.38. The molecule has 21 heavy (non-hydrogen) atoms. The summed E-state index contributed by atoms with van der Waals surface area (Å²) in [5.41, 5.74) is 7.19. The monoisotopic (exact) mass is 294 g/mol. The van der Waals surface area contributed by atoms with Crippen LogP contribution in [0.4, 0.5) is 0 Å². The van der Waals surface area contributed by atoms with E-state index in [0.717, 1.165) is 31.5 Å². The second-order valence-electron chi connectivity index (χ2n) is 5.64. The van der Waals surface area contributed by atoms with Crippen LogP contribution in [0.3, 0.4) is 0 Å². The first-order valence-electron chi connectivity index (χ1n) is 7.37. The third-order valence-corrected chi connectivity index (χ3v) is 4.16. The van der Waals surface area contributed by atoms with Crippen molar-refractivity contribution >= 4 is 0 Å². The van der Waals surface area contributed by atoms with Gasteiger partial charge in [0.15, 0.2) is 11.5 Å². The van der Waals surface area contributed by atoms with Crippen molar-refractivity contribution in [2.75, 3.05) is 27.9 Å². The lowest BCUT2D eigenvalue weighted by atomic mass is 9.98. The summed E-state index contributed by atoms with van der Waals surface area (Å²) >= 11 is 0. The van der Waals surface area contributed by atoms with Crippen LogP contribution in [0, 0.1) is 0 Å². The van der Waals surface area contributed by atoms with Gasteiger partial charge >= 0.3 is 0 Å². The minimum absolute atomic E-state index is 0.330. The summed E-state index contributed by atoms with van der Waals surface area (Å²) in [5.74, 6) is 2.04.